The highest BCUT2D eigenvalue weighted by atomic mass is 16.5. The smallest absolute Gasteiger partial charge is 0.162 e. The predicted octanol–water partition coefficient (Wildman–Crippen LogP) is 6.94. The van der Waals surface area contributed by atoms with Crippen LogP contribution < -0.4 is 24.3 Å². The fourth-order valence-electron chi connectivity index (χ4n) is 4.94. The van der Waals surface area contributed by atoms with Crippen LogP contribution in [0.25, 0.3) is 6.08 Å². The molecule has 1 atom stereocenters. The van der Waals surface area contributed by atoms with Crippen molar-refractivity contribution < 1.29 is 18.9 Å². The molecular weight excluding hydrogens is 512 g/mol. The summed E-state index contributed by atoms with van der Waals surface area (Å²) < 4.78 is 23.6. The highest BCUT2D eigenvalue weighted by Crippen LogP contribution is 2.37. The Morgan fingerprint density at radius 2 is 1.49 bits per heavy atom. The van der Waals surface area contributed by atoms with E-state index >= 15 is 0 Å². The van der Waals surface area contributed by atoms with Crippen molar-refractivity contribution in [2.75, 3.05) is 20.8 Å². The number of hydrogen-bond donors (Lipinski definition) is 1. The summed E-state index contributed by atoms with van der Waals surface area (Å²) in [4.78, 5) is 0. The van der Waals surface area contributed by atoms with Gasteiger partial charge in [-0.2, -0.15) is 5.26 Å². The van der Waals surface area contributed by atoms with Crippen LogP contribution >= 0.6 is 0 Å². The van der Waals surface area contributed by atoms with Gasteiger partial charge in [0.2, 0.25) is 0 Å². The van der Waals surface area contributed by atoms with Crippen LogP contribution in [0.5, 0.6) is 23.0 Å². The number of nitrogens with zero attached hydrogens (tertiary/aromatic N) is 1. The minimum Gasteiger partial charge on any atom is -0.493 e. The standard InChI is InChI=1S/C35H34N2O4/c1-24-17-32(38-2)34(41-23-27-11-9-25(21-36)10-12-27)18-28(24)13-14-31-30-20-33(39-3)35(19-29(30)15-16-37-31)40-22-26-7-5-4-6-8-26/h4-14,17-20,31,37H,15-16,22-23H2,1-3H3/b14-13+. The van der Waals surface area contributed by atoms with Gasteiger partial charge in [-0.1, -0.05) is 54.6 Å². The number of nitrogens with one attached hydrogen (secondary N) is 1. The van der Waals surface area contributed by atoms with E-state index in [4.69, 9.17) is 24.2 Å². The van der Waals surface area contributed by atoms with Gasteiger partial charge in [-0.3, -0.25) is 0 Å². The van der Waals surface area contributed by atoms with Crippen LogP contribution in [0.3, 0.4) is 0 Å². The van der Waals surface area contributed by atoms with Crippen molar-refractivity contribution in [3.8, 4) is 29.1 Å². The summed E-state index contributed by atoms with van der Waals surface area (Å²) in [6, 6.07) is 27.9. The number of fused-ring (bicyclic) bond motifs is 1. The van der Waals surface area contributed by atoms with Crippen LogP contribution in [0.15, 0.2) is 84.9 Å². The Hall–Kier alpha value is -4.73. The fourth-order valence-corrected chi connectivity index (χ4v) is 4.94. The molecule has 0 spiro atoms. The Bertz CT molecular complexity index is 1560. The molecule has 0 aromatic heterocycles. The van der Waals surface area contributed by atoms with Gasteiger partial charge in [-0.05, 0) is 83.1 Å². The summed E-state index contributed by atoms with van der Waals surface area (Å²) in [5, 5.41) is 12.7. The van der Waals surface area contributed by atoms with E-state index in [2.05, 4.69) is 54.7 Å². The summed E-state index contributed by atoms with van der Waals surface area (Å²) in [6.45, 7) is 3.80. The molecule has 0 aliphatic carbocycles. The lowest BCUT2D eigenvalue weighted by molar-refractivity contribution is 0.283. The molecule has 1 aliphatic rings. The van der Waals surface area contributed by atoms with Crippen LogP contribution in [-0.4, -0.2) is 20.8 Å². The third-order valence-electron chi connectivity index (χ3n) is 7.25. The normalized spacial score (nSPS) is 14.2. The first-order chi connectivity index (χ1) is 20.1. The lowest BCUT2D eigenvalue weighted by Gasteiger charge is -2.26. The Kier molecular flexibility index (Phi) is 8.88. The molecule has 41 heavy (non-hydrogen) atoms. The van der Waals surface area contributed by atoms with Crippen LogP contribution in [0, 0.1) is 18.3 Å². The molecule has 0 bridgehead atoms. The number of nitriles is 1. The average molecular weight is 547 g/mol. The molecule has 208 valence electrons. The first-order valence-corrected chi connectivity index (χ1v) is 13.7. The van der Waals surface area contributed by atoms with Crippen molar-refractivity contribution >= 4 is 6.08 Å². The monoisotopic (exact) mass is 546 g/mol. The molecule has 1 aliphatic heterocycles. The van der Waals surface area contributed by atoms with E-state index in [1.165, 1.54) is 11.1 Å². The molecular formula is C35H34N2O4. The third kappa shape index (κ3) is 6.71. The fraction of sp³-hybridized carbons (Fsp3) is 0.229. The zero-order valence-corrected chi connectivity index (χ0v) is 23.6. The summed E-state index contributed by atoms with van der Waals surface area (Å²) in [7, 11) is 3.32. The predicted molar refractivity (Wildman–Crippen MR) is 160 cm³/mol. The van der Waals surface area contributed by atoms with E-state index in [1.54, 1.807) is 26.4 Å². The summed E-state index contributed by atoms with van der Waals surface area (Å²) in [6.07, 6.45) is 5.23. The van der Waals surface area contributed by atoms with Crippen molar-refractivity contribution in [3.63, 3.8) is 0 Å². The van der Waals surface area contributed by atoms with E-state index < -0.39 is 0 Å². The highest BCUT2D eigenvalue weighted by molar-refractivity contribution is 5.61. The Morgan fingerprint density at radius 3 is 2.17 bits per heavy atom. The molecule has 1 heterocycles. The van der Waals surface area contributed by atoms with Gasteiger partial charge in [0.05, 0.1) is 31.9 Å². The minimum absolute atomic E-state index is 0.0281. The maximum absolute atomic E-state index is 9.04. The summed E-state index contributed by atoms with van der Waals surface area (Å²) >= 11 is 0. The first-order valence-electron chi connectivity index (χ1n) is 13.7. The topological polar surface area (TPSA) is 72.7 Å². The van der Waals surface area contributed by atoms with Crippen molar-refractivity contribution in [1.29, 1.82) is 5.26 Å². The Morgan fingerprint density at radius 1 is 0.829 bits per heavy atom. The van der Waals surface area contributed by atoms with Crippen molar-refractivity contribution in [1.82, 2.24) is 5.32 Å². The maximum atomic E-state index is 9.04. The molecule has 0 amide bonds. The van der Waals surface area contributed by atoms with Gasteiger partial charge in [0.15, 0.2) is 23.0 Å². The molecule has 6 nitrogen and oxygen atoms in total. The third-order valence-corrected chi connectivity index (χ3v) is 7.25. The van der Waals surface area contributed by atoms with Crippen molar-refractivity contribution in [2.24, 2.45) is 0 Å². The van der Waals surface area contributed by atoms with Crippen molar-refractivity contribution in [2.45, 2.75) is 32.6 Å². The van der Waals surface area contributed by atoms with Gasteiger partial charge in [0.25, 0.3) is 0 Å². The molecule has 0 radical (unpaired) electrons. The minimum atomic E-state index is 0.0281. The van der Waals surface area contributed by atoms with Crippen LogP contribution in [0.2, 0.25) is 0 Å². The van der Waals surface area contributed by atoms with Gasteiger partial charge in [-0.15, -0.1) is 0 Å². The molecule has 0 saturated carbocycles. The number of ether oxygens (including phenoxy) is 4. The van der Waals surface area contributed by atoms with E-state index in [1.807, 2.05) is 42.5 Å². The van der Waals surface area contributed by atoms with Crippen LogP contribution in [0.1, 0.15) is 45.0 Å². The number of hydrogen-bond acceptors (Lipinski definition) is 6. The van der Waals surface area contributed by atoms with Gasteiger partial charge in [0, 0.05) is 6.54 Å². The molecule has 1 unspecified atom stereocenters. The highest BCUT2D eigenvalue weighted by Gasteiger charge is 2.21. The van der Waals surface area contributed by atoms with Gasteiger partial charge < -0.3 is 24.3 Å². The van der Waals surface area contributed by atoms with Gasteiger partial charge in [0.1, 0.15) is 13.2 Å². The number of aryl methyl sites for hydroxylation is 1. The van der Waals surface area contributed by atoms with E-state index in [0.717, 1.165) is 46.7 Å². The second-order valence-electron chi connectivity index (χ2n) is 9.97. The maximum Gasteiger partial charge on any atom is 0.162 e. The molecule has 6 heteroatoms. The lowest BCUT2D eigenvalue weighted by Crippen LogP contribution is -2.28. The van der Waals surface area contributed by atoms with E-state index in [9.17, 15) is 0 Å². The number of rotatable bonds is 10. The quantitative estimate of drug-likeness (QED) is 0.232. The van der Waals surface area contributed by atoms with Gasteiger partial charge >= 0.3 is 0 Å². The van der Waals surface area contributed by atoms with Crippen molar-refractivity contribution in [3.05, 3.63) is 124 Å². The molecule has 0 fully saturated rings. The zero-order chi connectivity index (χ0) is 28.6. The zero-order valence-electron chi connectivity index (χ0n) is 23.6. The Balaban J connectivity index is 1.35. The average Bonchev–Trinajstić information content (AvgIpc) is 3.02. The van der Waals surface area contributed by atoms with Crippen LogP contribution in [0.4, 0.5) is 0 Å². The molecule has 4 aromatic carbocycles. The molecule has 0 saturated heterocycles. The second kappa shape index (κ2) is 13.1. The van der Waals surface area contributed by atoms with Crippen LogP contribution in [-0.2, 0) is 19.6 Å². The summed E-state index contributed by atoms with van der Waals surface area (Å²) in [5.41, 5.74) is 7.28. The lowest BCUT2D eigenvalue weighted by atomic mass is 9.92. The largest absolute Gasteiger partial charge is 0.493 e. The first kappa shape index (κ1) is 27.8. The SMILES string of the molecule is COc1cc(C)c(/C=C/C2NCCc3cc(OCc4ccccc4)c(OC)cc32)cc1OCc1ccc(C#N)cc1. The summed E-state index contributed by atoms with van der Waals surface area (Å²) in [5.74, 6) is 2.83. The number of benzene rings is 4. The number of methoxy groups -OCH3 is 2. The van der Waals surface area contributed by atoms with E-state index in [0.29, 0.717) is 30.3 Å². The molecule has 4 aromatic rings. The second-order valence-corrected chi connectivity index (χ2v) is 9.97. The molecule has 1 N–H and O–H groups in total. The Labute approximate surface area is 241 Å². The van der Waals surface area contributed by atoms with E-state index in [-0.39, 0.29) is 6.04 Å². The molecule has 5 rings (SSSR count). The van der Waals surface area contributed by atoms with Gasteiger partial charge in [-0.25, -0.2) is 0 Å².